The average Bonchev–Trinajstić information content (AvgIpc) is 2.64. The maximum Gasteiger partial charge on any atom is 0.314 e. The van der Waals surface area contributed by atoms with E-state index in [-0.39, 0.29) is 31.5 Å². The van der Waals surface area contributed by atoms with Gasteiger partial charge in [-0.15, -0.1) is 0 Å². The van der Waals surface area contributed by atoms with Crippen LogP contribution in [-0.4, -0.2) is 51.2 Å². The van der Waals surface area contributed by atoms with Crippen LogP contribution >= 0.6 is 0 Å². The minimum absolute atomic E-state index is 0.0585. The number of nitrogens with one attached hydrogen (secondary N) is 1. The third kappa shape index (κ3) is 3.68. The van der Waals surface area contributed by atoms with Gasteiger partial charge < -0.3 is 20.1 Å². The number of aliphatic carboxylic acids is 1. The molecule has 0 radical (unpaired) electrons. The number of hydrogen-bond donors (Lipinski definition) is 3. The number of halogens is 1. The highest BCUT2D eigenvalue weighted by Gasteiger charge is 2.50. The van der Waals surface area contributed by atoms with Crippen molar-refractivity contribution >= 4 is 11.9 Å². The third-order valence-corrected chi connectivity index (χ3v) is 5.22. The zero-order chi connectivity index (χ0) is 20.5. The molecule has 0 unspecified atom stereocenters. The molecule has 148 valence electrons. The Balaban J connectivity index is 1.92. The molecule has 1 amide bonds. The van der Waals surface area contributed by atoms with E-state index < -0.39 is 34.8 Å². The molecule has 8 heteroatoms. The number of aliphatic hydroxyl groups excluding tert-OH is 1. The Morgan fingerprint density at radius 2 is 1.93 bits per heavy atom. The fourth-order valence-electron chi connectivity index (χ4n) is 3.59. The van der Waals surface area contributed by atoms with Crippen LogP contribution in [0.25, 0.3) is 0 Å². The van der Waals surface area contributed by atoms with Crippen LogP contribution in [0.5, 0.6) is 0 Å². The molecule has 2 aromatic rings. The summed E-state index contributed by atoms with van der Waals surface area (Å²) in [7, 11) is 0. The molecule has 3 N–H and O–H groups in total. The highest BCUT2D eigenvalue weighted by molar-refractivity contribution is 5.94. The number of nitrogens with zero attached hydrogens (tertiary/aromatic N) is 1. The number of carboxylic acids is 1. The summed E-state index contributed by atoms with van der Waals surface area (Å²) in [5.41, 5.74) is -1.14. The summed E-state index contributed by atoms with van der Waals surface area (Å²) in [6.07, 6.45) is -1.20. The molecule has 1 aromatic carbocycles. The second kappa shape index (κ2) is 7.55. The quantitative estimate of drug-likeness (QED) is 0.732. The Hall–Kier alpha value is -3.00. The number of pyridine rings is 1. The normalized spacial score (nSPS) is 22.1. The number of hydrogen-bond acceptors (Lipinski definition) is 4. The Bertz CT molecular complexity index is 956. The molecule has 7 nitrogen and oxygen atoms in total. The van der Waals surface area contributed by atoms with Crippen LogP contribution in [0, 0.1) is 18.2 Å². The molecular formula is C20H21FN2O5. The molecule has 28 heavy (non-hydrogen) atoms. The van der Waals surface area contributed by atoms with Gasteiger partial charge in [0.2, 0.25) is 0 Å². The van der Waals surface area contributed by atoms with Gasteiger partial charge in [-0.05, 0) is 49.6 Å². The number of piperidine rings is 1. The predicted molar refractivity (Wildman–Crippen MR) is 98.5 cm³/mol. The maximum atomic E-state index is 13.2. The lowest BCUT2D eigenvalue weighted by Crippen LogP contribution is -2.58. The number of carboxylic acid groups (broad SMARTS) is 1. The first kappa shape index (κ1) is 19.8. The standard InChI is InChI=1S/C20H21FN2O5/c1-12-2-7-15(17(25)22-12)18(26)23-9-8-16(24)20(11-23,19(27)28)10-13-3-5-14(21)6-4-13/h2-7,16,24H,8-11H2,1H3,(H,22,25)(H,27,28)/t16-,20+/m0/s1. The molecule has 1 aromatic heterocycles. The minimum Gasteiger partial charge on any atom is -0.481 e. The van der Waals surface area contributed by atoms with Gasteiger partial charge in [-0.2, -0.15) is 0 Å². The Labute approximate surface area is 160 Å². The van der Waals surface area contributed by atoms with E-state index >= 15 is 0 Å². The molecule has 1 saturated heterocycles. The van der Waals surface area contributed by atoms with Crippen molar-refractivity contribution in [3.8, 4) is 0 Å². The molecular weight excluding hydrogens is 367 g/mol. The van der Waals surface area contributed by atoms with Crippen molar-refractivity contribution in [2.45, 2.75) is 25.9 Å². The summed E-state index contributed by atoms with van der Waals surface area (Å²) in [5, 5.41) is 20.4. The second-order valence-electron chi connectivity index (χ2n) is 7.18. The number of benzene rings is 1. The molecule has 0 spiro atoms. The van der Waals surface area contributed by atoms with Gasteiger partial charge in [0.15, 0.2) is 0 Å². The van der Waals surface area contributed by atoms with E-state index in [1.54, 1.807) is 13.0 Å². The summed E-state index contributed by atoms with van der Waals surface area (Å²) in [4.78, 5) is 40.9. The molecule has 1 aliphatic heterocycles. The topological polar surface area (TPSA) is 111 Å². The summed E-state index contributed by atoms with van der Waals surface area (Å²) < 4.78 is 13.2. The number of aliphatic hydroxyl groups is 1. The molecule has 3 rings (SSSR count). The highest BCUT2D eigenvalue weighted by Crippen LogP contribution is 2.35. The first-order valence-corrected chi connectivity index (χ1v) is 8.88. The number of aromatic nitrogens is 1. The van der Waals surface area contributed by atoms with E-state index in [1.807, 2.05) is 0 Å². The van der Waals surface area contributed by atoms with E-state index in [9.17, 15) is 29.0 Å². The number of H-pyrrole nitrogens is 1. The van der Waals surface area contributed by atoms with Crippen molar-refractivity contribution in [2.75, 3.05) is 13.1 Å². The Kier molecular flexibility index (Phi) is 5.33. The van der Waals surface area contributed by atoms with Crippen LogP contribution in [0.2, 0.25) is 0 Å². The summed E-state index contributed by atoms with van der Waals surface area (Å²) in [6.45, 7) is 1.56. The largest absolute Gasteiger partial charge is 0.481 e. The summed E-state index contributed by atoms with van der Waals surface area (Å²) in [5.74, 6) is -2.29. The first-order valence-electron chi connectivity index (χ1n) is 8.88. The summed E-state index contributed by atoms with van der Waals surface area (Å²) in [6, 6.07) is 8.35. The van der Waals surface area contributed by atoms with Crippen LogP contribution in [0.15, 0.2) is 41.2 Å². The van der Waals surface area contributed by atoms with Crippen LogP contribution in [-0.2, 0) is 11.2 Å². The molecule has 0 aliphatic carbocycles. The number of rotatable bonds is 4. The number of aryl methyl sites for hydroxylation is 1. The molecule has 0 bridgehead atoms. The van der Waals surface area contributed by atoms with Gasteiger partial charge in [-0.25, -0.2) is 4.39 Å². The van der Waals surface area contributed by atoms with Crippen molar-refractivity contribution in [3.63, 3.8) is 0 Å². The smallest absolute Gasteiger partial charge is 0.314 e. The Morgan fingerprint density at radius 1 is 1.25 bits per heavy atom. The first-order chi connectivity index (χ1) is 13.2. The lowest BCUT2D eigenvalue weighted by molar-refractivity contribution is -0.161. The molecule has 1 aliphatic rings. The van der Waals surface area contributed by atoms with E-state index in [0.29, 0.717) is 11.3 Å². The van der Waals surface area contributed by atoms with Crippen LogP contribution in [0.3, 0.4) is 0 Å². The fraction of sp³-hybridized carbons (Fsp3) is 0.350. The van der Waals surface area contributed by atoms with Crippen molar-refractivity contribution in [1.29, 1.82) is 0 Å². The van der Waals surface area contributed by atoms with Gasteiger partial charge in [0, 0.05) is 18.8 Å². The number of amides is 1. The Morgan fingerprint density at radius 3 is 2.54 bits per heavy atom. The van der Waals surface area contributed by atoms with E-state index in [2.05, 4.69) is 4.98 Å². The van der Waals surface area contributed by atoms with E-state index in [4.69, 9.17) is 0 Å². The lowest BCUT2D eigenvalue weighted by atomic mass is 9.72. The predicted octanol–water partition coefficient (Wildman–Crippen LogP) is 1.34. The fourth-order valence-corrected chi connectivity index (χ4v) is 3.59. The van der Waals surface area contributed by atoms with Crippen molar-refractivity contribution in [3.05, 3.63) is 69.4 Å². The van der Waals surface area contributed by atoms with Gasteiger partial charge in [0.25, 0.3) is 11.5 Å². The van der Waals surface area contributed by atoms with Crippen molar-refractivity contribution in [1.82, 2.24) is 9.88 Å². The lowest BCUT2D eigenvalue weighted by Gasteiger charge is -2.43. The number of aromatic amines is 1. The van der Waals surface area contributed by atoms with E-state index in [1.165, 1.54) is 35.2 Å². The zero-order valence-electron chi connectivity index (χ0n) is 15.3. The molecule has 1 fully saturated rings. The average molecular weight is 388 g/mol. The molecule has 0 saturated carbocycles. The number of likely N-dealkylation sites (tertiary alicyclic amines) is 1. The minimum atomic E-state index is -1.65. The van der Waals surface area contributed by atoms with Crippen LogP contribution in [0.1, 0.15) is 28.0 Å². The highest BCUT2D eigenvalue weighted by atomic mass is 19.1. The number of carbonyl (C=O) groups excluding carboxylic acids is 1. The summed E-state index contributed by atoms with van der Waals surface area (Å²) >= 11 is 0. The second-order valence-corrected chi connectivity index (χ2v) is 7.18. The van der Waals surface area contributed by atoms with Gasteiger partial charge in [-0.1, -0.05) is 12.1 Å². The maximum absolute atomic E-state index is 13.2. The van der Waals surface area contributed by atoms with Crippen molar-refractivity contribution < 1.29 is 24.2 Å². The van der Waals surface area contributed by atoms with Gasteiger partial charge in [0.1, 0.15) is 16.8 Å². The van der Waals surface area contributed by atoms with E-state index in [0.717, 1.165) is 0 Å². The number of carbonyl (C=O) groups is 2. The molecule has 2 heterocycles. The third-order valence-electron chi connectivity index (χ3n) is 5.22. The SMILES string of the molecule is Cc1ccc(C(=O)N2CC[C@H](O)[C@](Cc3ccc(F)cc3)(C(=O)O)C2)c(=O)[nH]1. The van der Waals surface area contributed by atoms with Crippen LogP contribution in [0.4, 0.5) is 4.39 Å². The molecule has 2 atom stereocenters. The van der Waals surface area contributed by atoms with Crippen molar-refractivity contribution in [2.24, 2.45) is 5.41 Å². The van der Waals surface area contributed by atoms with Gasteiger partial charge >= 0.3 is 5.97 Å². The van der Waals surface area contributed by atoms with Gasteiger partial charge in [-0.3, -0.25) is 14.4 Å². The zero-order valence-corrected chi connectivity index (χ0v) is 15.3. The van der Waals surface area contributed by atoms with Gasteiger partial charge in [0.05, 0.1) is 6.10 Å². The van der Waals surface area contributed by atoms with Crippen LogP contribution < -0.4 is 5.56 Å². The monoisotopic (exact) mass is 388 g/mol.